The van der Waals surface area contributed by atoms with Gasteiger partial charge in [0.1, 0.15) is 17.3 Å². The van der Waals surface area contributed by atoms with Gasteiger partial charge in [0.15, 0.2) is 0 Å². The Bertz CT molecular complexity index is 799. The summed E-state index contributed by atoms with van der Waals surface area (Å²) in [6, 6.07) is 8.83. The minimum absolute atomic E-state index is 0.246. The molecule has 0 unspecified atom stereocenters. The highest BCUT2D eigenvalue weighted by atomic mass is 16.4. The van der Waals surface area contributed by atoms with E-state index in [4.69, 9.17) is 9.52 Å². The second kappa shape index (κ2) is 4.52. The molecule has 1 N–H and O–H groups in total. The van der Waals surface area contributed by atoms with E-state index in [2.05, 4.69) is 4.98 Å². The van der Waals surface area contributed by atoms with E-state index in [0.717, 1.165) is 22.9 Å². The Morgan fingerprint density at radius 3 is 2.75 bits per heavy atom. The fourth-order valence-corrected chi connectivity index (χ4v) is 2.31. The van der Waals surface area contributed by atoms with Crippen LogP contribution >= 0.6 is 0 Å². The van der Waals surface area contributed by atoms with Crippen LogP contribution in [0.1, 0.15) is 27.7 Å². The van der Waals surface area contributed by atoms with Crippen LogP contribution in [0.4, 0.5) is 0 Å². The number of rotatable bonds is 3. The Morgan fingerprint density at radius 1 is 1.30 bits per heavy atom. The molecule has 0 aliphatic heterocycles. The van der Waals surface area contributed by atoms with Crippen molar-refractivity contribution in [2.24, 2.45) is 0 Å². The average molecular weight is 270 g/mol. The van der Waals surface area contributed by atoms with Crippen molar-refractivity contribution in [3.63, 3.8) is 0 Å². The summed E-state index contributed by atoms with van der Waals surface area (Å²) in [7, 11) is 0. The van der Waals surface area contributed by atoms with Gasteiger partial charge in [0.2, 0.25) is 0 Å². The van der Waals surface area contributed by atoms with Crippen LogP contribution in [0.3, 0.4) is 0 Å². The number of benzene rings is 1. The predicted molar refractivity (Wildman–Crippen MR) is 74.0 cm³/mol. The molecule has 0 aliphatic carbocycles. The minimum atomic E-state index is -0.944. The minimum Gasteiger partial charge on any atom is -0.478 e. The van der Waals surface area contributed by atoms with Gasteiger partial charge < -0.3 is 14.1 Å². The molecule has 2 aromatic heterocycles. The van der Waals surface area contributed by atoms with Crippen LogP contribution in [0.15, 0.2) is 34.7 Å². The van der Waals surface area contributed by atoms with Crippen LogP contribution in [-0.4, -0.2) is 20.6 Å². The number of furan rings is 1. The molecule has 0 saturated heterocycles. The molecule has 0 saturated carbocycles. The SMILES string of the molecule is Cc1ccc(Cn2c(C)nc3cc(C(=O)O)ccc32)o1. The molecule has 2 heterocycles. The molecule has 0 aliphatic rings. The van der Waals surface area contributed by atoms with Gasteiger partial charge in [-0.1, -0.05) is 0 Å². The van der Waals surface area contributed by atoms with Crippen LogP contribution in [0.25, 0.3) is 11.0 Å². The first-order chi connectivity index (χ1) is 9.54. The Hall–Kier alpha value is -2.56. The van der Waals surface area contributed by atoms with Crippen molar-refractivity contribution < 1.29 is 14.3 Å². The fourth-order valence-electron chi connectivity index (χ4n) is 2.31. The van der Waals surface area contributed by atoms with Crippen LogP contribution in [0, 0.1) is 13.8 Å². The maximum absolute atomic E-state index is 11.0. The zero-order valence-corrected chi connectivity index (χ0v) is 11.3. The van der Waals surface area contributed by atoms with Gasteiger partial charge in [-0.3, -0.25) is 0 Å². The number of hydrogen-bond donors (Lipinski definition) is 1. The van der Waals surface area contributed by atoms with Gasteiger partial charge >= 0.3 is 5.97 Å². The Kier molecular flexibility index (Phi) is 2.82. The second-order valence-electron chi connectivity index (χ2n) is 4.77. The summed E-state index contributed by atoms with van der Waals surface area (Å²) in [6.07, 6.45) is 0. The third-order valence-electron chi connectivity index (χ3n) is 3.30. The molecule has 20 heavy (non-hydrogen) atoms. The summed E-state index contributed by atoms with van der Waals surface area (Å²) in [4.78, 5) is 15.4. The van der Waals surface area contributed by atoms with Crippen molar-refractivity contribution >= 4 is 17.0 Å². The average Bonchev–Trinajstić information content (AvgIpc) is 2.94. The lowest BCUT2D eigenvalue weighted by Gasteiger charge is -2.04. The Balaban J connectivity index is 2.06. The molecule has 5 nitrogen and oxygen atoms in total. The van der Waals surface area contributed by atoms with Crippen molar-refractivity contribution in [1.29, 1.82) is 0 Å². The van der Waals surface area contributed by atoms with Gasteiger partial charge in [-0.15, -0.1) is 0 Å². The first-order valence-electron chi connectivity index (χ1n) is 6.30. The quantitative estimate of drug-likeness (QED) is 0.794. The predicted octanol–water partition coefficient (Wildman–Crippen LogP) is 2.99. The summed E-state index contributed by atoms with van der Waals surface area (Å²) in [6.45, 7) is 4.39. The zero-order chi connectivity index (χ0) is 14.3. The van der Waals surface area contributed by atoms with Crippen molar-refractivity contribution in [2.45, 2.75) is 20.4 Å². The van der Waals surface area contributed by atoms with E-state index < -0.39 is 5.97 Å². The lowest BCUT2D eigenvalue weighted by atomic mass is 10.2. The maximum atomic E-state index is 11.0. The van der Waals surface area contributed by atoms with E-state index in [1.165, 1.54) is 0 Å². The number of carboxylic acid groups (broad SMARTS) is 1. The van der Waals surface area contributed by atoms with E-state index in [0.29, 0.717) is 12.1 Å². The van der Waals surface area contributed by atoms with E-state index in [1.807, 2.05) is 30.5 Å². The molecule has 102 valence electrons. The summed E-state index contributed by atoms with van der Waals surface area (Å²) in [5.41, 5.74) is 1.84. The Morgan fingerprint density at radius 2 is 2.10 bits per heavy atom. The maximum Gasteiger partial charge on any atom is 0.335 e. The smallest absolute Gasteiger partial charge is 0.335 e. The lowest BCUT2D eigenvalue weighted by molar-refractivity contribution is 0.0697. The summed E-state index contributed by atoms with van der Waals surface area (Å²) in [5, 5.41) is 9.01. The summed E-state index contributed by atoms with van der Waals surface area (Å²) in [5.74, 6) is 1.61. The van der Waals surface area contributed by atoms with E-state index in [-0.39, 0.29) is 5.56 Å². The van der Waals surface area contributed by atoms with Gasteiger partial charge in [-0.05, 0) is 44.2 Å². The van der Waals surface area contributed by atoms with Crippen molar-refractivity contribution in [3.8, 4) is 0 Å². The molecular formula is C15H14N2O3. The van der Waals surface area contributed by atoms with Crippen molar-refractivity contribution in [3.05, 3.63) is 53.2 Å². The lowest BCUT2D eigenvalue weighted by Crippen LogP contribution is -2.01. The number of nitrogens with zero attached hydrogens (tertiary/aromatic N) is 2. The first kappa shape index (κ1) is 12.5. The second-order valence-corrected chi connectivity index (χ2v) is 4.77. The highest BCUT2D eigenvalue weighted by molar-refractivity contribution is 5.92. The van der Waals surface area contributed by atoms with Crippen molar-refractivity contribution in [1.82, 2.24) is 9.55 Å². The number of hydrogen-bond acceptors (Lipinski definition) is 3. The third-order valence-corrected chi connectivity index (χ3v) is 3.30. The Labute approximate surface area is 115 Å². The van der Waals surface area contributed by atoms with E-state index >= 15 is 0 Å². The van der Waals surface area contributed by atoms with Gasteiger partial charge in [-0.25, -0.2) is 9.78 Å². The number of aromatic nitrogens is 2. The molecule has 3 rings (SSSR count). The van der Waals surface area contributed by atoms with Crippen molar-refractivity contribution in [2.75, 3.05) is 0 Å². The monoisotopic (exact) mass is 270 g/mol. The normalized spacial score (nSPS) is 11.1. The molecule has 0 atom stereocenters. The number of fused-ring (bicyclic) bond motifs is 1. The summed E-state index contributed by atoms with van der Waals surface area (Å²) >= 11 is 0. The molecule has 0 radical (unpaired) electrons. The first-order valence-corrected chi connectivity index (χ1v) is 6.30. The van der Waals surface area contributed by atoms with E-state index in [1.54, 1.807) is 18.2 Å². The zero-order valence-electron chi connectivity index (χ0n) is 11.3. The van der Waals surface area contributed by atoms with E-state index in [9.17, 15) is 4.79 Å². The third kappa shape index (κ3) is 2.07. The highest BCUT2D eigenvalue weighted by Gasteiger charge is 2.12. The van der Waals surface area contributed by atoms with Gasteiger partial charge in [0.05, 0.1) is 23.1 Å². The number of carboxylic acids is 1. The van der Waals surface area contributed by atoms with Crippen LogP contribution in [0.5, 0.6) is 0 Å². The summed E-state index contributed by atoms with van der Waals surface area (Å²) < 4.78 is 7.59. The molecule has 0 fully saturated rings. The van der Waals surface area contributed by atoms with Gasteiger partial charge in [0, 0.05) is 0 Å². The number of carbonyl (C=O) groups is 1. The van der Waals surface area contributed by atoms with Crippen LogP contribution in [-0.2, 0) is 6.54 Å². The van der Waals surface area contributed by atoms with Gasteiger partial charge in [-0.2, -0.15) is 0 Å². The molecule has 3 aromatic rings. The standard InChI is InChI=1S/C15H14N2O3/c1-9-3-5-12(20-9)8-17-10(2)16-13-7-11(15(18)19)4-6-14(13)17/h3-7H,8H2,1-2H3,(H,18,19). The molecule has 0 bridgehead atoms. The largest absolute Gasteiger partial charge is 0.478 e. The van der Waals surface area contributed by atoms with Gasteiger partial charge in [0.25, 0.3) is 0 Å². The molecule has 0 spiro atoms. The molecule has 5 heteroatoms. The molecule has 1 aromatic carbocycles. The molecular weight excluding hydrogens is 256 g/mol. The number of aryl methyl sites for hydroxylation is 2. The number of aromatic carboxylic acids is 1. The van der Waals surface area contributed by atoms with Crippen LogP contribution < -0.4 is 0 Å². The number of imidazole rings is 1. The topological polar surface area (TPSA) is 68.3 Å². The fraction of sp³-hybridized carbons (Fsp3) is 0.200. The van der Waals surface area contributed by atoms with Crippen LogP contribution in [0.2, 0.25) is 0 Å². The molecule has 0 amide bonds. The highest BCUT2D eigenvalue weighted by Crippen LogP contribution is 2.20.